The van der Waals surface area contributed by atoms with Gasteiger partial charge in [-0.2, -0.15) is 4.90 Å². The fourth-order valence-electron chi connectivity index (χ4n) is 4.91. The van der Waals surface area contributed by atoms with Crippen LogP contribution in [0.4, 0.5) is 16.2 Å². The van der Waals surface area contributed by atoms with Crippen LogP contribution < -0.4 is 15.5 Å². The van der Waals surface area contributed by atoms with Gasteiger partial charge in [0, 0.05) is 23.8 Å². The predicted octanol–water partition coefficient (Wildman–Crippen LogP) is 7.38. The van der Waals surface area contributed by atoms with Crippen LogP contribution >= 0.6 is 11.6 Å². The summed E-state index contributed by atoms with van der Waals surface area (Å²) in [5, 5.41) is 3.04. The van der Waals surface area contributed by atoms with Crippen molar-refractivity contribution in [1.29, 1.82) is 0 Å². The van der Waals surface area contributed by atoms with Crippen molar-refractivity contribution in [3.63, 3.8) is 0 Å². The largest absolute Gasteiger partial charge is 0.480 e. The van der Waals surface area contributed by atoms with Gasteiger partial charge < -0.3 is 19.6 Å². The van der Waals surface area contributed by atoms with Gasteiger partial charge in [0.2, 0.25) is 12.1 Å². The summed E-state index contributed by atoms with van der Waals surface area (Å²) < 4.78 is 11.7. The van der Waals surface area contributed by atoms with Gasteiger partial charge in [0.05, 0.1) is 17.3 Å². The molecule has 1 aliphatic heterocycles. The molecule has 0 radical (unpaired) electrons. The fraction of sp³-hybridized carbons (Fsp3) is 0.351. The number of carbonyl (C=O) groups is 4. The maximum Gasteiger partial charge on any atom is 0.336 e. The Morgan fingerprint density at radius 2 is 1.71 bits per heavy atom. The molecule has 0 aromatic heterocycles. The van der Waals surface area contributed by atoms with Gasteiger partial charge in [-0.05, 0) is 62.6 Å². The topological polar surface area (TPSA) is 127 Å². The SMILES string of the molecule is CCOC1C(=O)N(/C(=C\C(=O)C(C)(C)C)ONc2cc(NC(=O)C(CC)Oc3ccc(C)cc3C)ccc2Cl)C(=O)N1Cc1ccccc1. The van der Waals surface area contributed by atoms with E-state index in [1.165, 1.54) is 17.0 Å². The number of allylic oxidation sites excluding steroid dienone is 1. The van der Waals surface area contributed by atoms with Gasteiger partial charge in [0.25, 0.3) is 11.8 Å². The van der Waals surface area contributed by atoms with E-state index in [1.54, 1.807) is 33.8 Å². The number of nitrogens with zero attached hydrogens (tertiary/aromatic N) is 2. The number of rotatable bonds is 14. The smallest absolute Gasteiger partial charge is 0.336 e. The van der Waals surface area contributed by atoms with Crippen molar-refractivity contribution in [3.8, 4) is 5.75 Å². The van der Waals surface area contributed by atoms with Crippen LogP contribution in [0.1, 0.15) is 57.7 Å². The van der Waals surface area contributed by atoms with E-state index in [1.807, 2.05) is 69.3 Å². The summed E-state index contributed by atoms with van der Waals surface area (Å²) in [6.07, 6.45) is -0.507. The molecule has 4 amide bonds. The molecule has 2 N–H and O–H groups in total. The molecule has 3 aromatic rings. The molecule has 3 aromatic carbocycles. The molecule has 0 saturated carbocycles. The van der Waals surface area contributed by atoms with Crippen LogP contribution in [0.25, 0.3) is 0 Å². The van der Waals surface area contributed by atoms with Crippen LogP contribution in [0.5, 0.6) is 5.75 Å². The van der Waals surface area contributed by atoms with Crippen molar-refractivity contribution < 1.29 is 33.5 Å². The fourth-order valence-corrected chi connectivity index (χ4v) is 5.06. The van der Waals surface area contributed by atoms with Crippen LogP contribution in [0, 0.1) is 19.3 Å². The molecule has 1 fully saturated rings. The summed E-state index contributed by atoms with van der Waals surface area (Å²) >= 11 is 6.47. The van der Waals surface area contributed by atoms with E-state index in [2.05, 4.69) is 10.8 Å². The third-order valence-electron chi connectivity index (χ3n) is 7.65. The monoisotopic (exact) mass is 690 g/mol. The molecule has 4 rings (SSSR count). The highest BCUT2D eigenvalue weighted by Gasteiger charge is 2.49. The lowest BCUT2D eigenvalue weighted by Crippen LogP contribution is -2.36. The number of ether oxygens (including phenoxy) is 2. The number of amides is 4. The van der Waals surface area contributed by atoms with Gasteiger partial charge in [0.15, 0.2) is 11.9 Å². The zero-order valence-corrected chi connectivity index (χ0v) is 29.6. The number of nitrogens with one attached hydrogen (secondary N) is 2. The van der Waals surface area contributed by atoms with E-state index < -0.39 is 35.5 Å². The predicted molar refractivity (Wildman–Crippen MR) is 188 cm³/mol. The maximum atomic E-state index is 13.8. The second-order valence-corrected chi connectivity index (χ2v) is 13.1. The van der Waals surface area contributed by atoms with Gasteiger partial charge in [-0.15, -0.1) is 0 Å². The summed E-state index contributed by atoms with van der Waals surface area (Å²) in [6, 6.07) is 18.8. The number of imide groups is 1. The molecule has 1 heterocycles. The second kappa shape index (κ2) is 16.0. The Bertz CT molecular complexity index is 1720. The van der Waals surface area contributed by atoms with Crippen LogP contribution in [0.3, 0.4) is 0 Å². The number of anilines is 2. The van der Waals surface area contributed by atoms with Crippen molar-refractivity contribution in [1.82, 2.24) is 9.80 Å². The van der Waals surface area contributed by atoms with E-state index in [4.69, 9.17) is 25.9 Å². The minimum atomic E-state index is -1.24. The molecule has 11 nitrogen and oxygen atoms in total. The minimum Gasteiger partial charge on any atom is -0.480 e. The Kier molecular flexibility index (Phi) is 12.1. The summed E-state index contributed by atoms with van der Waals surface area (Å²) in [5.41, 5.74) is 5.16. The first-order valence-corrected chi connectivity index (χ1v) is 16.4. The van der Waals surface area contributed by atoms with E-state index in [0.29, 0.717) is 17.9 Å². The van der Waals surface area contributed by atoms with Crippen molar-refractivity contribution in [3.05, 3.63) is 100 Å². The number of hydrogen-bond donors (Lipinski definition) is 2. The van der Waals surface area contributed by atoms with E-state index in [-0.39, 0.29) is 35.7 Å². The Morgan fingerprint density at radius 1 is 1.00 bits per heavy atom. The first-order chi connectivity index (χ1) is 23.2. The summed E-state index contributed by atoms with van der Waals surface area (Å²) in [5.74, 6) is -1.25. The molecule has 0 bridgehead atoms. The van der Waals surface area contributed by atoms with Gasteiger partial charge in [0.1, 0.15) is 5.75 Å². The lowest BCUT2D eigenvalue weighted by molar-refractivity contribution is -0.142. The number of halogens is 1. The minimum absolute atomic E-state index is 0.0834. The number of hydrogen-bond acceptors (Lipinski definition) is 8. The Morgan fingerprint density at radius 3 is 2.35 bits per heavy atom. The van der Waals surface area contributed by atoms with E-state index in [0.717, 1.165) is 27.7 Å². The zero-order valence-electron chi connectivity index (χ0n) is 28.8. The van der Waals surface area contributed by atoms with Gasteiger partial charge in [-0.3, -0.25) is 19.3 Å². The molecule has 1 aliphatic rings. The molecule has 12 heteroatoms. The number of aryl methyl sites for hydroxylation is 2. The zero-order chi connectivity index (χ0) is 35.9. The third kappa shape index (κ3) is 9.18. The van der Waals surface area contributed by atoms with Crippen LogP contribution in [0.15, 0.2) is 78.7 Å². The van der Waals surface area contributed by atoms with Gasteiger partial charge in [-0.25, -0.2) is 10.3 Å². The molecular formula is C37H43ClN4O7. The normalized spacial score (nSPS) is 15.7. The second-order valence-electron chi connectivity index (χ2n) is 12.6. The average Bonchev–Trinajstić information content (AvgIpc) is 3.27. The highest BCUT2D eigenvalue weighted by atomic mass is 35.5. The highest BCUT2D eigenvalue weighted by Crippen LogP contribution is 2.30. The van der Waals surface area contributed by atoms with Crippen molar-refractivity contribution in [2.75, 3.05) is 17.4 Å². The summed E-state index contributed by atoms with van der Waals surface area (Å²) in [6.45, 7) is 12.8. The highest BCUT2D eigenvalue weighted by molar-refractivity contribution is 6.33. The van der Waals surface area contributed by atoms with Crippen LogP contribution in [0.2, 0.25) is 5.02 Å². The molecule has 260 valence electrons. The number of carbonyl (C=O) groups excluding carboxylic acids is 4. The molecule has 2 unspecified atom stereocenters. The van der Waals surface area contributed by atoms with Crippen LogP contribution in [-0.4, -0.2) is 52.4 Å². The molecular weight excluding hydrogens is 648 g/mol. The lowest BCUT2D eigenvalue weighted by atomic mass is 9.91. The summed E-state index contributed by atoms with van der Waals surface area (Å²) in [7, 11) is 0. The first kappa shape index (κ1) is 37.0. The standard InChI is InChI=1S/C37H43ClN4O7/c1-8-29(48-30-18-15-23(3)19-24(30)4)33(44)39-26-16-17-27(38)28(20-26)40-49-32(21-31(43)37(5,6)7)42-34(45)35(47-9-2)41(36(42)46)22-25-13-11-10-12-14-25/h10-21,29,35,40H,8-9,22H2,1-7H3,(H,39,44)/b32-21+. The Hall–Kier alpha value is -4.87. The van der Waals surface area contributed by atoms with Crippen LogP contribution in [-0.2, 0) is 30.5 Å². The average molecular weight is 691 g/mol. The van der Waals surface area contributed by atoms with Gasteiger partial charge >= 0.3 is 6.03 Å². The van der Waals surface area contributed by atoms with Crippen molar-refractivity contribution >= 4 is 46.6 Å². The maximum absolute atomic E-state index is 13.8. The van der Waals surface area contributed by atoms with Crippen molar-refractivity contribution in [2.24, 2.45) is 5.41 Å². The van der Waals surface area contributed by atoms with Gasteiger partial charge in [-0.1, -0.05) is 87.3 Å². The van der Waals surface area contributed by atoms with Crippen molar-refractivity contribution in [2.45, 2.75) is 73.8 Å². The van der Waals surface area contributed by atoms with E-state index >= 15 is 0 Å². The first-order valence-electron chi connectivity index (χ1n) is 16.1. The molecule has 0 spiro atoms. The summed E-state index contributed by atoms with van der Waals surface area (Å²) in [4.78, 5) is 61.8. The quantitative estimate of drug-likeness (QED) is 0.0777. The number of benzene rings is 3. The lowest BCUT2D eigenvalue weighted by Gasteiger charge is -2.22. The Labute approximate surface area is 292 Å². The molecule has 0 aliphatic carbocycles. The number of urea groups is 1. The van der Waals surface area contributed by atoms with E-state index in [9.17, 15) is 19.2 Å². The molecule has 1 saturated heterocycles. The molecule has 2 atom stereocenters. The number of ketones is 1. The Balaban J connectivity index is 1.57. The molecule has 49 heavy (non-hydrogen) atoms. The third-order valence-corrected chi connectivity index (χ3v) is 7.98.